The molecule has 2 N–H and O–H groups in total. The van der Waals surface area contributed by atoms with Gasteiger partial charge in [-0.25, -0.2) is 0 Å². The molecule has 0 bridgehead atoms. The molecule has 0 atom stereocenters. The van der Waals surface area contributed by atoms with Gasteiger partial charge in [0.05, 0.1) is 0 Å². The fourth-order valence-electron chi connectivity index (χ4n) is 2.93. The minimum Gasteiger partial charge on any atom is -0.360 e. The molecule has 1 heterocycles. The molecular weight excluding hydrogens is 324 g/mol. The Morgan fingerprint density at radius 1 is 1.08 bits per heavy atom. The molecule has 3 aromatic rings. The zero-order valence-corrected chi connectivity index (χ0v) is 15.4. The number of anilines is 1. The van der Waals surface area contributed by atoms with E-state index in [4.69, 9.17) is 0 Å². The van der Waals surface area contributed by atoms with Gasteiger partial charge in [-0.3, -0.25) is 9.59 Å². The third-order valence-electron chi connectivity index (χ3n) is 4.77. The molecule has 26 heavy (non-hydrogen) atoms. The molecule has 0 saturated carbocycles. The Kier molecular flexibility index (Phi) is 4.76. The maximum absolute atomic E-state index is 12.8. The number of hydrogen-bond donors (Lipinski definition) is 2. The van der Waals surface area contributed by atoms with Gasteiger partial charge in [0.25, 0.3) is 5.91 Å². The Morgan fingerprint density at radius 3 is 2.50 bits per heavy atom. The number of nitrogens with one attached hydrogen (secondary N) is 2. The van der Waals surface area contributed by atoms with Gasteiger partial charge in [-0.1, -0.05) is 18.2 Å². The van der Waals surface area contributed by atoms with Crippen LogP contribution in [0.1, 0.15) is 40.9 Å². The van der Waals surface area contributed by atoms with Crippen LogP contribution in [0.15, 0.2) is 53.5 Å². The highest BCUT2D eigenvalue weighted by atomic mass is 16.2. The monoisotopic (exact) mass is 346 g/mol. The molecule has 0 unspecified atom stereocenters. The van der Waals surface area contributed by atoms with Gasteiger partial charge >= 0.3 is 0 Å². The van der Waals surface area contributed by atoms with Crippen LogP contribution < -0.4 is 10.7 Å². The van der Waals surface area contributed by atoms with Gasteiger partial charge < -0.3 is 10.3 Å². The lowest BCUT2D eigenvalue weighted by molar-refractivity contribution is 0.102. The smallest absolute Gasteiger partial charge is 0.261 e. The van der Waals surface area contributed by atoms with E-state index < -0.39 is 5.91 Å². The van der Waals surface area contributed by atoms with Gasteiger partial charge in [0.2, 0.25) is 5.43 Å². The number of rotatable bonds is 3. The van der Waals surface area contributed by atoms with E-state index in [2.05, 4.69) is 16.4 Å². The highest BCUT2D eigenvalue weighted by Gasteiger charge is 2.15. The van der Waals surface area contributed by atoms with Gasteiger partial charge in [0.1, 0.15) is 5.56 Å². The second-order valence-electron chi connectivity index (χ2n) is 6.48. The van der Waals surface area contributed by atoms with E-state index in [1.165, 1.54) is 6.20 Å². The minimum atomic E-state index is -0.412. The quantitative estimate of drug-likeness (QED) is 0.714. The van der Waals surface area contributed by atoms with Crippen LogP contribution in [0.25, 0.3) is 16.5 Å². The van der Waals surface area contributed by atoms with Crippen molar-refractivity contribution >= 4 is 28.1 Å². The van der Waals surface area contributed by atoms with Crippen molar-refractivity contribution in [1.82, 2.24) is 4.98 Å². The predicted octanol–water partition coefficient (Wildman–Crippen LogP) is 4.82. The minimum absolute atomic E-state index is 0.103. The topological polar surface area (TPSA) is 62.0 Å². The maximum atomic E-state index is 12.8. The summed E-state index contributed by atoms with van der Waals surface area (Å²) < 4.78 is 0. The molecule has 0 aliphatic carbocycles. The molecule has 0 radical (unpaired) electrons. The first-order valence-electron chi connectivity index (χ1n) is 8.58. The molecule has 0 fully saturated rings. The van der Waals surface area contributed by atoms with E-state index in [9.17, 15) is 9.59 Å². The molecule has 0 aliphatic heterocycles. The second-order valence-corrected chi connectivity index (χ2v) is 6.48. The van der Waals surface area contributed by atoms with E-state index in [-0.39, 0.29) is 11.0 Å². The SMILES string of the molecule is CC=C(C)c1cc(C)c(C)cc1NC(=O)c1c[nH]c2ccccc2c1=O. The van der Waals surface area contributed by atoms with E-state index in [0.29, 0.717) is 16.6 Å². The van der Waals surface area contributed by atoms with Gasteiger partial charge in [-0.05, 0) is 68.7 Å². The first kappa shape index (κ1) is 17.7. The largest absolute Gasteiger partial charge is 0.360 e. The van der Waals surface area contributed by atoms with Gasteiger partial charge in [0, 0.05) is 28.4 Å². The Morgan fingerprint density at radius 2 is 1.77 bits per heavy atom. The van der Waals surface area contributed by atoms with Crippen molar-refractivity contribution in [1.29, 1.82) is 0 Å². The molecule has 132 valence electrons. The number of aromatic amines is 1. The molecule has 1 aromatic heterocycles. The number of benzene rings is 2. The molecule has 3 rings (SSSR count). The summed E-state index contributed by atoms with van der Waals surface area (Å²) in [6.45, 7) is 8.01. The Balaban J connectivity index is 2.05. The summed E-state index contributed by atoms with van der Waals surface area (Å²) >= 11 is 0. The molecule has 2 aromatic carbocycles. The maximum Gasteiger partial charge on any atom is 0.261 e. The number of carbonyl (C=O) groups excluding carboxylic acids is 1. The standard InChI is InChI=1S/C22H22N2O2/c1-5-13(2)17-10-14(3)15(4)11-20(17)24-22(26)18-12-23-19-9-7-6-8-16(19)21(18)25/h5-12H,1-4H3,(H,23,25)(H,24,26). The number of allylic oxidation sites excluding steroid dienone is 2. The van der Waals surface area contributed by atoms with Crippen molar-refractivity contribution < 1.29 is 4.79 Å². The number of aryl methyl sites for hydroxylation is 2. The third kappa shape index (κ3) is 3.18. The van der Waals surface area contributed by atoms with Crippen LogP contribution in [0.2, 0.25) is 0 Å². The molecule has 0 saturated heterocycles. The summed E-state index contributed by atoms with van der Waals surface area (Å²) in [5, 5.41) is 3.42. The number of para-hydroxylation sites is 1. The van der Waals surface area contributed by atoms with Gasteiger partial charge in [-0.15, -0.1) is 0 Å². The average Bonchev–Trinajstić information content (AvgIpc) is 2.64. The number of fused-ring (bicyclic) bond motifs is 1. The Bertz CT molecular complexity index is 1090. The summed E-state index contributed by atoms with van der Waals surface area (Å²) in [5.41, 5.74) is 5.52. The molecule has 0 aliphatic rings. The third-order valence-corrected chi connectivity index (χ3v) is 4.77. The van der Waals surface area contributed by atoms with Crippen LogP contribution in [0.5, 0.6) is 0 Å². The van der Waals surface area contributed by atoms with E-state index in [1.807, 2.05) is 52.0 Å². The van der Waals surface area contributed by atoms with Crippen molar-refractivity contribution in [2.75, 3.05) is 5.32 Å². The fourth-order valence-corrected chi connectivity index (χ4v) is 2.93. The average molecular weight is 346 g/mol. The molecular formula is C22H22N2O2. The lowest BCUT2D eigenvalue weighted by Crippen LogP contribution is -2.22. The van der Waals surface area contributed by atoms with Crippen molar-refractivity contribution in [2.24, 2.45) is 0 Å². The van der Waals surface area contributed by atoms with E-state index in [1.54, 1.807) is 12.1 Å². The Hall–Kier alpha value is -3.14. The van der Waals surface area contributed by atoms with Crippen LogP contribution in [0.4, 0.5) is 5.69 Å². The van der Waals surface area contributed by atoms with Crippen LogP contribution in [-0.4, -0.2) is 10.9 Å². The number of aromatic nitrogens is 1. The van der Waals surface area contributed by atoms with Crippen LogP contribution >= 0.6 is 0 Å². The fraction of sp³-hybridized carbons (Fsp3) is 0.182. The zero-order valence-electron chi connectivity index (χ0n) is 15.4. The summed E-state index contributed by atoms with van der Waals surface area (Å²) in [5.74, 6) is -0.412. The molecule has 0 spiro atoms. The van der Waals surface area contributed by atoms with Crippen molar-refractivity contribution in [3.8, 4) is 0 Å². The number of pyridine rings is 1. The lowest BCUT2D eigenvalue weighted by Gasteiger charge is -2.14. The summed E-state index contributed by atoms with van der Waals surface area (Å²) in [6.07, 6.45) is 3.48. The van der Waals surface area contributed by atoms with E-state index >= 15 is 0 Å². The predicted molar refractivity (Wildman–Crippen MR) is 108 cm³/mol. The van der Waals surface area contributed by atoms with Crippen molar-refractivity contribution in [3.05, 3.63) is 81.1 Å². The van der Waals surface area contributed by atoms with Crippen LogP contribution in [0.3, 0.4) is 0 Å². The van der Waals surface area contributed by atoms with Gasteiger partial charge in [-0.2, -0.15) is 0 Å². The number of hydrogen-bond acceptors (Lipinski definition) is 2. The normalized spacial score (nSPS) is 11.6. The first-order chi connectivity index (χ1) is 12.4. The van der Waals surface area contributed by atoms with Crippen molar-refractivity contribution in [3.63, 3.8) is 0 Å². The summed E-state index contributed by atoms with van der Waals surface area (Å²) in [7, 11) is 0. The first-order valence-corrected chi connectivity index (χ1v) is 8.58. The van der Waals surface area contributed by atoms with Crippen molar-refractivity contribution in [2.45, 2.75) is 27.7 Å². The van der Waals surface area contributed by atoms with Crippen LogP contribution in [0, 0.1) is 13.8 Å². The zero-order chi connectivity index (χ0) is 18.8. The number of carbonyl (C=O) groups is 1. The molecule has 4 nitrogen and oxygen atoms in total. The summed E-state index contributed by atoms with van der Waals surface area (Å²) in [6, 6.07) is 11.2. The highest BCUT2D eigenvalue weighted by Crippen LogP contribution is 2.27. The number of H-pyrrole nitrogens is 1. The number of amides is 1. The molecule has 1 amide bonds. The lowest BCUT2D eigenvalue weighted by atomic mass is 9.98. The van der Waals surface area contributed by atoms with Gasteiger partial charge in [0.15, 0.2) is 0 Å². The van der Waals surface area contributed by atoms with E-state index in [0.717, 1.165) is 22.3 Å². The molecule has 4 heteroatoms. The second kappa shape index (κ2) is 7.00. The van der Waals surface area contributed by atoms with Crippen LogP contribution in [-0.2, 0) is 0 Å². The highest BCUT2D eigenvalue weighted by molar-refractivity contribution is 6.07. The summed E-state index contributed by atoms with van der Waals surface area (Å²) in [4.78, 5) is 28.5. The Labute approximate surface area is 152 Å².